The van der Waals surface area contributed by atoms with Crippen molar-refractivity contribution in [3.8, 4) is 11.5 Å². The van der Waals surface area contributed by atoms with Gasteiger partial charge in [0.2, 0.25) is 11.8 Å². The minimum Gasteiger partial charge on any atom is -0.456 e. The SMILES string of the molecule is CCC(=O)NC(CCSC)C(=O)Nc1ccc(Oc2ccccc2Cl)cc1. The largest absolute Gasteiger partial charge is 0.456 e. The van der Waals surface area contributed by atoms with Crippen LogP contribution in [-0.4, -0.2) is 29.9 Å². The van der Waals surface area contributed by atoms with Gasteiger partial charge in [-0.2, -0.15) is 11.8 Å². The van der Waals surface area contributed by atoms with Crippen LogP contribution in [0.1, 0.15) is 19.8 Å². The Bertz CT molecular complexity index is 768. The number of para-hydroxylation sites is 1. The van der Waals surface area contributed by atoms with Crippen molar-refractivity contribution >= 4 is 40.9 Å². The van der Waals surface area contributed by atoms with E-state index in [2.05, 4.69) is 10.6 Å². The van der Waals surface area contributed by atoms with Crippen LogP contribution in [0.4, 0.5) is 5.69 Å². The number of nitrogens with one attached hydrogen (secondary N) is 2. The number of thioether (sulfide) groups is 1. The van der Waals surface area contributed by atoms with Crippen LogP contribution < -0.4 is 15.4 Å². The first kappa shape index (κ1) is 21.1. The lowest BCUT2D eigenvalue weighted by Gasteiger charge is -2.18. The Balaban J connectivity index is 1.99. The van der Waals surface area contributed by atoms with Crippen LogP contribution >= 0.6 is 23.4 Å². The quantitative estimate of drug-likeness (QED) is 0.632. The number of amides is 2. The number of rotatable bonds is 9. The highest BCUT2D eigenvalue weighted by molar-refractivity contribution is 7.98. The van der Waals surface area contributed by atoms with Gasteiger partial charge in [0.1, 0.15) is 17.5 Å². The molecule has 0 radical (unpaired) electrons. The third-order valence-corrected chi connectivity index (χ3v) is 4.73. The number of carbonyl (C=O) groups excluding carboxylic acids is 2. The first-order chi connectivity index (χ1) is 13.0. The summed E-state index contributed by atoms with van der Waals surface area (Å²) in [7, 11) is 0. The Labute approximate surface area is 168 Å². The molecule has 0 fully saturated rings. The van der Waals surface area contributed by atoms with Crippen molar-refractivity contribution in [2.75, 3.05) is 17.3 Å². The maximum atomic E-state index is 12.5. The molecule has 2 amide bonds. The molecule has 2 aromatic rings. The van der Waals surface area contributed by atoms with Gasteiger partial charge in [0.05, 0.1) is 5.02 Å². The Hall–Kier alpha value is -2.18. The van der Waals surface area contributed by atoms with Crippen molar-refractivity contribution < 1.29 is 14.3 Å². The number of benzene rings is 2. The number of carbonyl (C=O) groups is 2. The number of anilines is 1. The monoisotopic (exact) mass is 406 g/mol. The molecule has 0 aliphatic heterocycles. The van der Waals surface area contributed by atoms with E-state index in [1.54, 1.807) is 55.1 Å². The number of halogens is 1. The molecule has 7 heteroatoms. The third kappa shape index (κ3) is 6.81. The smallest absolute Gasteiger partial charge is 0.246 e. The fourth-order valence-corrected chi connectivity index (χ4v) is 2.94. The molecule has 1 unspecified atom stereocenters. The fourth-order valence-electron chi connectivity index (χ4n) is 2.29. The molecule has 5 nitrogen and oxygen atoms in total. The molecule has 0 heterocycles. The highest BCUT2D eigenvalue weighted by Crippen LogP contribution is 2.29. The highest BCUT2D eigenvalue weighted by Gasteiger charge is 2.19. The number of hydrogen-bond acceptors (Lipinski definition) is 4. The standard InChI is InChI=1S/C20H23ClN2O3S/c1-3-19(24)23-17(12-13-27-2)20(25)22-14-8-10-15(11-9-14)26-18-7-5-4-6-16(18)21/h4-11,17H,3,12-13H2,1-2H3,(H,22,25)(H,23,24). The molecular formula is C20H23ClN2O3S. The predicted molar refractivity (Wildman–Crippen MR) is 112 cm³/mol. The van der Waals surface area contributed by atoms with Crippen molar-refractivity contribution in [1.82, 2.24) is 5.32 Å². The molecule has 0 aromatic heterocycles. The van der Waals surface area contributed by atoms with E-state index in [9.17, 15) is 9.59 Å². The third-order valence-electron chi connectivity index (χ3n) is 3.77. The second kappa shape index (κ2) is 10.8. The van der Waals surface area contributed by atoms with Gasteiger partial charge in [0.15, 0.2) is 0 Å². The van der Waals surface area contributed by atoms with Crippen molar-refractivity contribution in [1.29, 1.82) is 0 Å². The van der Waals surface area contributed by atoms with Crippen LogP contribution in [0.5, 0.6) is 11.5 Å². The van der Waals surface area contributed by atoms with Gasteiger partial charge in [-0.05, 0) is 54.8 Å². The topological polar surface area (TPSA) is 67.4 Å². The van der Waals surface area contributed by atoms with E-state index in [1.165, 1.54) is 0 Å². The zero-order valence-corrected chi connectivity index (χ0v) is 16.9. The van der Waals surface area contributed by atoms with Crippen LogP contribution in [-0.2, 0) is 9.59 Å². The predicted octanol–water partition coefficient (Wildman–Crippen LogP) is 4.72. The number of hydrogen-bond donors (Lipinski definition) is 2. The maximum absolute atomic E-state index is 12.5. The summed E-state index contributed by atoms with van der Waals surface area (Å²) in [6.45, 7) is 1.76. The van der Waals surface area contributed by atoms with Crippen LogP contribution in [0, 0.1) is 0 Å². The van der Waals surface area contributed by atoms with E-state index in [0.717, 1.165) is 5.75 Å². The summed E-state index contributed by atoms with van der Waals surface area (Å²) in [4.78, 5) is 24.2. The Morgan fingerprint density at radius 1 is 1.15 bits per heavy atom. The fraction of sp³-hybridized carbons (Fsp3) is 0.300. The summed E-state index contributed by atoms with van der Waals surface area (Å²) in [6, 6.07) is 13.7. The summed E-state index contributed by atoms with van der Waals surface area (Å²) in [5.74, 6) is 1.59. The van der Waals surface area contributed by atoms with Crippen LogP contribution in [0.3, 0.4) is 0 Å². The average Bonchev–Trinajstić information content (AvgIpc) is 2.68. The van der Waals surface area contributed by atoms with E-state index in [0.29, 0.717) is 35.1 Å². The zero-order chi connectivity index (χ0) is 19.6. The van der Waals surface area contributed by atoms with Crippen LogP contribution in [0.2, 0.25) is 5.02 Å². The van der Waals surface area contributed by atoms with Gasteiger partial charge in [-0.25, -0.2) is 0 Å². The zero-order valence-electron chi connectivity index (χ0n) is 15.3. The molecular weight excluding hydrogens is 384 g/mol. The van der Waals surface area contributed by atoms with Crippen molar-refractivity contribution in [3.05, 3.63) is 53.6 Å². The second-order valence-corrected chi connectivity index (χ2v) is 7.19. The van der Waals surface area contributed by atoms with Gasteiger partial charge >= 0.3 is 0 Å². The molecule has 144 valence electrons. The summed E-state index contributed by atoms with van der Waals surface area (Å²) >= 11 is 7.72. The molecule has 0 saturated carbocycles. The molecule has 2 N–H and O–H groups in total. The van der Waals surface area contributed by atoms with E-state index in [1.807, 2.05) is 18.4 Å². The van der Waals surface area contributed by atoms with Crippen molar-refractivity contribution in [2.24, 2.45) is 0 Å². The molecule has 27 heavy (non-hydrogen) atoms. The average molecular weight is 407 g/mol. The van der Waals surface area contributed by atoms with E-state index in [4.69, 9.17) is 16.3 Å². The lowest BCUT2D eigenvalue weighted by Crippen LogP contribution is -2.43. The van der Waals surface area contributed by atoms with Crippen LogP contribution in [0.25, 0.3) is 0 Å². The van der Waals surface area contributed by atoms with E-state index >= 15 is 0 Å². The van der Waals surface area contributed by atoms with Gasteiger partial charge in [-0.3, -0.25) is 9.59 Å². The second-order valence-electron chi connectivity index (χ2n) is 5.80. The molecule has 0 spiro atoms. The van der Waals surface area contributed by atoms with Gasteiger partial charge < -0.3 is 15.4 Å². The van der Waals surface area contributed by atoms with Crippen molar-refractivity contribution in [2.45, 2.75) is 25.8 Å². The summed E-state index contributed by atoms with van der Waals surface area (Å²) in [6.07, 6.45) is 2.89. The summed E-state index contributed by atoms with van der Waals surface area (Å²) < 4.78 is 5.73. The first-order valence-electron chi connectivity index (χ1n) is 8.65. The molecule has 0 aliphatic rings. The highest BCUT2D eigenvalue weighted by atomic mass is 35.5. The molecule has 0 saturated heterocycles. The molecule has 0 aliphatic carbocycles. The number of ether oxygens (including phenoxy) is 1. The minimum absolute atomic E-state index is 0.139. The van der Waals surface area contributed by atoms with E-state index < -0.39 is 6.04 Å². The van der Waals surface area contributed by atoms with Crippen LogP contribution in [0.15, 0.2) is 48.5 Å². The Morgan fingerprint density at radius 3 is 2.48 bits per heavy atom. The summed E-state index contributed by atoms with van der Waals surface area (Å²) in [5.41, 5.74) is 0.631. The van der Waals surface area contributed by atoms with Gasteiger partial charge in [-0.15, -0.1) is 0 Å². The Kier molecular flexibility index (Phi) is 8.48. The lowest BCUT2D eigenvalue weighted by molar-refractivity contribution is -0.126. The molecule has 1 atom stereocenters. The van der Waals surface area contributed by atoms with Gasteiger partial charge in [-0.1, -0.05) is 30.7 Å². The Morgan fingerprint density at radius 2 is 1.85 bits per heavy atom. The molecule has 2 aromatic carbocycles. The van der Waals surface area contributed by atoms with Gasteiger partial charge in [0, 0.05) is 12.1 Å². The summed E-state index contributed by atoms with van der Waals surface area (Å²) in [5, 5.41) is 6.13. The lowest BCUT2D eigenvalue weighted by atomic mass is 10.2. The molecule has 0 bridgehead atoms. The first-order valence-corrected chi connectivity index (χ1v) is 10.4. The van der Waals surface area contributed by atoms with Crippen molar-refractivity contribution in [3.63, 3.8) is 0 Å². The normalized spacial score (nSPS) is 11.5. The minimum atomic E-state index is -0.552. The van der Waals surface area contributed by atoms with Gasteiger partial charge in [0.25, 0.3) is 0 Å². The molecule has 2 rings (SSSR count). The maximum Gasteiger partial charge on any atom is 0.246 e. The van der Waals surface area contributed by atoms with E-state index in [-0.39, 0.29) is 11.8 Å².